The number of nitrogens with zero attached hydrogens (tertiary/aromatic N) is 2. The third-order valence-electron chi connectivity index (χ3n) is 7.23. The van der Waals surface area contributed by atoms with Crippen molar-refractivity contribution in [1.29, 1.82) is 0 Å². The second kappa shape index (κ2) is 7.46. The summed E-state index contributed by atoms with van der Waals surface area (Å²) in [6.45, 7) is 6.99. The lowest BCUT2D eigenvalue weighted by Gasteiger charge is -2.51. The van der Waals surface area contributed by atoms with Gasteiger partial charge in [-0.3, -0.25) is 24.5 Å². The number of esters is 1. The van der Waals surface area contributed by atoms with Gasteiger partial charge in [-0.1, -0.05) is 13.8 Å². The average Bonchev–Trinajstić information content (AvgIpc) is 2.94. The lowest BCUT2D eigenvalue weighted by molar-refractivity contribution is -0.151. The van der Waals surface area contributed by atoms with Gasteiger partial charge in [-0.05, 0) is 24.7 Å². The number of carbonyl (C=O) groups excluding carboxylic acids is 4. The van der Waals surface area contributed by atoms with Crippen LogP contribution >= 0.6 is 0 Å². The van der Waals surface area contributed by atoms with E-state index in [0.717, 1.165) is 6.42 Å². The molecule has 0 aromatic rings. The molecule has 8 heteroatoms. The van der Waals surface area contributed by atoms with E-state index in [1.807, 2.05) is 4.90 Å². The quantitative estimate of drug-likeness (QED) is 0.686. The van der Waals surface area contributed by atoms with Crippen LogP contribution in [0.5, 0.6) is 0 Å². The number of piperidine rings is 1. The van der Waals surface area contributed by atoms with Gasteiger partial charge in [-0.25, -0.2) is 0 Å². The van der Waals surface area contributed by atoms with Crippen LogP contribution in [0.15, 0.2) is 0 Å². The van der Waals surface area contributed by atoms with E-state index in [0.29, 0.717) is 32.4 Å². The Labute approximate surface area is 165 Å². The number of nitrogens with one attached hydrogen (secondary N) is 1. The van der Waals surface area contributed by atoms with Gasteiger partial charge in [-0.15, -0.1) is 0 Å². The number of likely N-dealkylation sites (tertiary alicyclic amines) is 1. The fourth-order valence-electron chi connectivity index (χ4n) is 5.07. The minimum atomic E-state index is -0.572. The number of hydrogen-bond donors (Lipinski definition) is 1. The monoisotopic (exact) mass is 393 g/mol. The third kappa shape index (κ3) is 3.54. The number of carbonyl (C=O) groups is 4. The fraction of sp³-hybridized carbons (Fsp3) is 0.800. The van der Waals surface area contributed by atoms with E-state index in [1.54, 1.807) is 11.8 Å². The van der Waals surface area contributed by atoms with Crippen molar-refractivity contribution in [2.45, 2.75) is 52.1 Å². The second-order valence-corrected chi connectivity index (χ2v) is 8.94. The second-order valence-electron chi connectivity index (χ2n) is 8.94. The zero-order valence-corrected chi connectivity index (χ0v) is 17.2. The van der Waals surface area contributed by atoms with Gasteiger partial charge in [0.25, 0.3) is 0 Å². The number of rotatable bonds is 5. The minimum absolute atomic E-state index is 0.0514. The SMILES string of the molecule is COC(=O)CN1C(=O)CNC12CCN(C(=O)C[C@H]1C[C@@H](C(C)=O)C1(C)C)CC2. The lowest BCUT2D eigenvalue weighted by Crippen LogP contribution is -2.60. The molecule has 0 bridgehead atoms. The summed E-state index contributed by atoms with van der Waals surface area (Å²) >= 11 is 0. The molecular formula is C20H31N3O5. The highest BCUT2D eigenvalue weighted by Crippen LogP contribution is 2.53. The largest absolute Gasteiger partial charge is 0.468 e. The van der Waals surface area contributed by atoms with Gasteiger partial charge in [0.05, 0.1) is 19.3 Å². The Morgan fingerprint density at radius 1 is 1.21 bits per heavy atom. The van der Waals surface area contributed by atoms with Gasteiger partial charge in [0, 0.05) is 38.3 Å². The van der Waals surface area contributed by atoms with Crippen LogP contribution in [0.25, 0.3) is 0 Å². The van der Waals surface area contributed by atoms with Crippen LogP contribution in [0.4, 0.5) is 0 Å². The molecule has 1 spiro atoms. The van der Waals surface area contributed by atoms with Crippen molar-refractivity contribution in [2.24, 2.45) is 17.3 Å². The first-order chi connectivity index (χ1) is 13.1. The van der Waals surface area contributed by atoms with Gasteiger partial charge in [0.15, 0.2) is 0 Å². The molecule has 28 heavy (non-hydrogen) atoms. The summed E-state index contributed by atoms with van der Waals surface area (Å²) in [5.74, 6) is 0.0381. The molecule has 0 aromatic carbocycles. The number of amides is 2. The molecule has 2 aliphatic heterocycles. The number of hydrogen-bond acceptors (Lipinski definition) is 6. The average molecular weight is 393 g/mol. The molecule has 2 atom stereocenters. The van der Waals surface area contributed by atoms with E-state index in [9.17, 15) is 19.2 Å². The molecule has 0 radical (unpaired) electrons. The van der Waals surface area contributed by atoms with Gasteiger partial charge < -0.3 is 14.5 Å². The van der Waals surface area contributed by atoms with Crippen LogP contribution in [-0.4, -0.2) is 72.3 Å². The van der Waals surface area contributed by atoms with Crippen molar-refractivity contribution >= 4 is 23.6 Å². The summed E-state index contributed by atoms with van der Waals surface area (Å²) in [6.07, 6.45) is 2.42. The maximum Gasteiger partial charge on any atom is 0.325 e. The molecule has 2 heterocycles. The minimum Gasteiger partial charge on any atom is -0.468 e. The predicted molar refractivity (Wildman–Crippen MR) is 101 cm³/mol. The Kier molecular flexibility index (Phi) is 5.53. The van der Waals surface area contributed by atoms with Crippen LogP contribution < -0.4 is 5.32 Å². The normalized spacial score (nSPS) is 28.2. The zero-order valence-electron chi connectivity index (χ0n) is 17.2. The molecule has 8 nitrogen and oxygen atoms in total. The summed E-state index contributed by atoms with van der Waals surface area (Å²) in [4.78, 5) is 51.8. The first-order valence-corrected chi connectivity index (χ1v) is 10.0. The fourth-order valence-corrected chi connectivity index (χ4v) is 5.07. The van der Waals surface area contributed by atoms with Crippen molar-refractivity contribution in [3.05, 3.63) is 0 Å². The van der Waals surface area contributed by atoms with Crippen LogP contribution in [0.2, 0.25) is 0 Å². The first-order valence-electron chi connectivity index (χ1n) is 10.0. The maximum absolute atomic E-state index is 12.8. The summed E-state index contributed by atoms with van der Waals surface area (Å²) in [6, 6.07) is 0. The van der Waals surface area contributed by atoms with Gasteiger partial charge in [0.2, 0.25) is 11.8 Å². The Bertz CT molecular complexity index is 681. The summed E-state index contributed by atoms with van der Waals surface area (Å²) in [5, 5.41) is 3.25. The lowest BCUT2D eigenvalue weighted by atomic mass is 9.52. The highest BCUT2D eigenvalue weighted by Gasteiger charge is 2.52. The first kappa shape index (κ1) is 20.8. The van der Waals surface area contributed by atoms with Crippen molar-refractivity contribution in [3.8, 4) is 0 Å². The maximum atomic E-state index is 12.8. The van der Waals surface area contributed by atoms with Crippen LogP contribution in [0, 0.1) is 17.3 Å². The summed E-state index contributed by atoms with van der Waals surface area (Å²) in [5.41, 5.74) is -0.702. The zero-order chi connectivity index (χ0) is 20.7. The molecule has 1 aliphatic carbocycles. The molecule has 1 N–H and O–H groups in total. The number of ether oxygens (including phenoxy) is 1. The molecule has 2 amide bonds. The molecule has 3 rings (SSSR count). The standard InChI is InChI=1S/C20H31N3O5/c1-13(24)15-9-14(19(15,2)3)10-16(25)22-7-5-20(6-8-22)21-11-17(26)23(20)12-18(27)28-4/h14-15,21H,5-12H2,1-4H3/t14-,15+/m1/s1. The van der Waals surface area contributed by atoms with Crippen LogP contribution in [0.3, 0.4) is 0 Å². The van der Waals surface area contributed by atoms with Crippen LogP contribution in [0.1, 0.15) is 46.5 Å². The van der Waals surface area contributed by atoms with E-state index < -0.39 is 11.6 Å². The number of ketones is 1. The molecule has 0 unspecified atom stereocenters. The molecule has 1 saturated carbocycles. The van der Waals surface area contributed by atoms with Gasteiger partial charge in [0.1, 0.15) is 12.3 Å². The molecule has 156 valence electrons. The number of methoxy groups -OCH3 is 1. The van der Waals surface area contributed by atoms with E-state index in [4.69, 9.17) is 4.74 Å². The molecule has 0 aromatic heterocycles. The smallest absolute Gasteiger partial charge is 0.325 e. The molecule has 3 aliphatic rings. The topological polar surface area (TPSA) is 96.0 Å². The van der Waals surface area contributed by atoms with E-state index in [2.05, 4.69) is 19.2 Å². The summed E-state index contributed by atoms with van der Waals surface area (Å²) < 4.78 is 4.71. The third-order valence-corrected chi connectivity index (χ3v) is 7.23. The Balaban J connectivity index is 1.56. The molecule has 2 saturated heterocycles. The van der Waals surface area contributed by atoms with E-state index in [1.165, 1.54) is 7.11 Å². The molecular weight excluding hydrogens is 362 g/mol. The Morgan fingerprint density at radius 3 is 2.39 bits per heavy atom. The van der Waals surface area contributed by atoms with E-state index >= 15 is 0 Å². The van der Waals surface area contributed by atoms with E-state index in [-0.39, 0.29) is 47.9 Å². The van der Waals surface area contributed by atoms with Gasteiger partial charge >= 0.3 is 5.97 Å². The highest BCUT2D eigenvalue weighted by molar-refractivity contribution is 5.86. The van der Waals surface area contributed by atoms with Crippen molar-refractivity contribution in [1.82, 2.24) is 15.1 Å². The number of Topliss-reactive ketones (excluding diaryl/α,β-unsaturated/α-hetero) is 1. The predicted octanol–water partition coefficient (Wildman–Crippen LogP) is 0.551. The van der Waals surface area contributed by atoms with Gasteiger partial charge in [-0.2, -0.15) is 0 Å². The van der Waals surface area contributed by atoms with Crippen molar-refractivity contribution < 1.29 is 23.9 Å². The van der Waals surface area contributed by atoms with Crippen LogP contribution in [-0.2, 0) is 23.9 Å². The molecule has 3 fully saturated rings. The highest BCUT2D eigenvalue weighted by atomic mass is 16.5. The van der Waals surface area contributed by atoms with Crippen molar-refractivity contribution in [2.75, 3.05) is 33.3 Å². The van der Waals surface area contributed by atoms with Crippen molar-refractivity contribution in [3.63, 3.8) is 0 Å². The Hall–Kier alpha value is -1.96. The summed E-state index contributed by atoms with van der Waals surface area (Å²) in [7, 11) is 1.31. The Morgan fingerprint density at radius 2 is 1.86 bits per heavy atom.